The minimum atomic E-state index is -3.47. The second-order valence-corrected chi connectivity index (χ2v) is 9.37. The van der Waals surface area contributed by atoms with Crippen LogP contribution in [-0.4, -0.2) is 56.9 Å². The molecule has 1 heterocycles. The zero-order valence-electron chi connectivity index (χ0n) is 14.6. The van der Waals surface area contributed by atoms with Gasteiger partial charge in [0.15, 0.2) is 0 Å². The Morgan fingerprint density at radius 3 is 2.56 bits per heavy atom. The van der Waals surface area contributed by atoms with Crippen molar-refractivity contribution < 1.29 is 13.2 Å². The Bertz CT molecular complexity index is 644. The summed E-state index contributed by atoms with van der Waals surface area (Å²) in [5.74, 6) is 0.295. The molecule has 1 amide bonds. The van der Waals surface area contributed by atoms with E-state index in [9.17, 15) is 13.2 Å². The first-order valence-corrected chi connectivity index (χ1v) is 11.4. The van der Waals surface area contributed by atoms with Gasteiger partial charge in [0, 0.05) is 22.6 Å². The number of piperidine rings is 1. The summed E-state index contributed by atoms with van der Waals surface area (Å²) in [4.78, 5) is 15.4. The van der Waals surface area contributed by atoms with E-state index < -0.39 is 10.0 Å². The van der Waals surface area contributed by atoms with Crippen LogP contribution in [0.1, 0.15) is 19.3 Å². The number of sulfonamides is 1. The summed E-state index contributed by atoms with van der Waals surface area (Å²) in [5.41, 5.74) is 6.21. The summed E-state index contributed by atoms with van der Waals surface area (Å²) < 4.78 is 24.3. The second-order valence-electron chi connectivity index (χ2n) is 6.53. The van der Waals surface area contributed by atoms with Gasteiger partial charge >= 0.3 is 0 Å². The van der Waals surface area contributed by atoms with Crippen LogP contribution in [0.3, 0.4) is 0 Å². The Morgan fingerprint density at radius 1 is 1.32 bits per heavy atom. The number of thioether (sulfide) groups is 1. The Balaban J connectivity index is 1.64. The van der Waals surface area contributed by atoms with Crippen molar-refractivity contribution in [3.8, 4) is 0 Å². The van der Waals surface area contributed by atoms with Gasteiger partial charge in [0.2, 0.25) is 15.9 Å². The number of rotatable bonds is 8. The lowest BCUT2D eigenvalue weighted by atomic mass is 9.96. The maximum absolute atomic E-state index is 11.9. The molecule has 0 bridgehead atoms. The number of hydrogen-bond donors (Lipinski definition) is 2. The summed E-state index contributed by atoms with van der Waals surface area (Å²) in [6, 6.07) is 10.4. The van der Waals surface area contributed by atoms with Gasteiger partial charge in [-0.05, 0) is 51.0 Å². The van der Waals surface area contributed by atoms with Crippen LogP contribution in [0.5, 0.6) is 0 Å². The molecule has 1 unspecified atom stereocenters. The number of hydrogen-bond acceptors (Lipinski definition) is 6. The van der Waals surface area contributed by atoms with Crippen LogP contribution in [0.25, 0.3) is 0 Å². The minimum Gasteiger partial charge on any atom is -0.327 e. The molecule has 1 aromatic carbocycles. The maximum atomic E-state index is 11.9. The number of nitrogens with two attached hydrogens (primary N) is 1. The Hall–Kier alpha value is -1.09. The molecule has 0 aromatic heterocycles. The summed E-state index contributed by atoms with van der Waals surface area (Å²) in [7, 11) is -3.47. The van der Waals surface area contributed by atoms with Crippen molar-refractivity contribution in [3.63, 3.8) is 0 Å². The van der Waals surface area contributed by atoms with Crippen molar-refractivity contribution in [1.82, 2.24) is 9.62 Å². The number of carbonyl (C=O) groups is 1. The fourth-order valence-corrected chi connectivity index (χ4v) is 4.29. The molecule has 1 aliphatic heterocycles. The summed E-state index contributed by atoms with van der Waals surface area (Å²) >= 11 is 1.77. The molecule has 1 aliphatic rings. The van der Waals surface area contributed by atoms with Crippen molar-refractivity contribution in [2.75, 3.05) is 31.6 Å². The number of nitrogens with zero attached hydrogens (tertiary/aromatic N) is 1. The van der Waals surface area contributed by atoms with Gasteiger partial charge in [-0.15, -0.1) is 11.8 Å². The monoisotopic (exact) mass is 385 g/mol. The third-order valence-corrected chi connectivity index (χ3v) is 6.04. The van der Waals surface area contributed by atoms with Gasteiger partial charge in [0.1, 0.15) is 0 Å². The van der Waals surface area contributed by atoms with Crippen molar-refractivity contribution in [2.45, 2.75) is 30.2 Å². The lowest BCUT2D eigenvalue weighted by Gasteiger charge is -2.31. The molecule has 0 saturated carbocycles. The topological polar surface area (TPSA) is 92.5 Å². The van der Waals surface area contributed by atoms with Crippen LogP contribution in [0.4, 0.5) is 0 Å². The van der Waals surface area contributed by atoms with E-state index in [1.54, 1.807) is 11.8 Å². The number of benzene rings is 1. The van der Waals surface area contributed by atoms with Gasteiger partial charge in [0.25, 0.3) is 0 Å². The molecule has 2 rings (SSSR count). The largest absolute Gasteiger partial charge is 0.327 e. The smallest absolute Gasteiger partial charge is 0.236 e. The molecule has 3 N–H and O–H groups in total. The highest BCUT2D eigenvalue weighted by Crippen LogP contribution is 2.20. The Morgan fingerprint density at radius 2 is 1.96 bits per heavy atom. The zero-order chi connectivity index (χ0) is 18.3. The highest BCUT2D eigenvalue weighted by atomic mass is 32.2. The van der Waals surface area contributed by atoms with Crippen LogP contribution in [-0.2, 0) is 14.8 Å². The molecule has 6 nitrogen and oxygen atoms in total. The second kappa shape index (κ2) is 9.56. The molecule has 0 radical (unpaired) electrons. The van der Waals surface area contributed by atoms with Gasteiger partial charge in [0.05, 0.1) is 6.26 Å². The summed E-state index contributed by atoms with van der Waals surface area (Å²) in [5, 5.41) is 0. The lowest BCUT2D eigenvalue weighted by molar-refractivity contribution is -0.124. The van der Waals surface area contributed by atoms with Crippen molar-refractivity contribution in [3.05, 3.63) is 30.3 Å². The predicted molar refractivity (Wildman–Crippen MR) is 102 cm³/mol. The van der Waals surface area contributed by atoms with Gasteiger partial charge in [-0.3, -0.25) is 9.52 Å². The standard InChI is InChI=1S/C17H27N3O3S2/c1-25(22,23)19-17(21)14-7-10-20(11-8-14)12-9-15(18)13-24-16-5-3-2-4-6-16/h2-6,14-15H,7-13,18H2,1H3,(H,19,21). The van der Waals surface area contributed by atoms with Gasteiger partial charge < -0.3 is 10.6 Å². The molecule has 8 heteroatoms. The van der Waals surface area contributed by atoms with E-state index in [-0.39, 0.29) is 17.9 Å². The normalized spacial score (nSPS) is 18.0. The average Bonchev–Trinajstić information content (AvgIpc) is 2.58. The third-order valence-electron chi connectivity index (χ3n) is 4.27. The Kier molecular flexibility index (Phi) is 7.74. The first-order valence-electron chi connectivity index (χ1n) is 8.51. The van der Waals surface area contributed by atoms with Gasteiger partial charge in [-0.1, -0.05) is 18.2 Å². The molecule has 1 fully saturated rings. The van der Waals surface area contributed by atoms with E-state index in [2.05, 4.69) is 21.8 Å². The van der Waals surface area contributed by atoms with Crippen LogP contribution >= 0.6 is 11.8 Å². The quantitative estimate of drug-likeness (QED) is 0.655. The zero-order valence-corrected chi connectivity index (χ0v) is 16.2. The van der Waals surface area contributed by atoms with Crippen LogP contribution in [0, 0.1) is 5.92 Å². The van der Waals surface area contributed by atoms with Crippen LogP contribution in [0.2, 0.25) is 0 Å². The fraction of sp³-hybridized carbons (Fsp3) is 0.588. The number of nitrogens with one attached hydrogen (secondary N) is 1. The van der Waals surface area contributed by atoms with Crippen molar-refractivity contribution >= 4 is 27.7 Å². The SMILES string of the molecule is CS(=O)(=O)NC(=O)C1CCN(CCC(N)CSc2ccccc2)CC1. The number of amides is 1. The molecule has 1 saturated heterocycles. The van der Waals surface area contributed by atoms with E-state index in [1.807, 2.05) is 18.2 Å². The fourth-order valence-electron chi connectivity index (χ4n) is 2.84. The summed E-state index contributed by atoms with van der Waals surface area (Å²) in [6.45, 7) is 2.53. The van der Waals surface area contributed by atoms with Gasteiger partial charge in [-0.25, -0.2) is 8.42 Å². The predicted octanol–water partition coefficient (Wildman–Crippen LogP) is 1.28. The first kappa shape index (κ1) is 20.2. The van der Waals surface area contributed by atoms with Crippen molar-refractivity contribution in [1.29, 1.82) is 0 Å². The highest BCUT2D eigenvalue weighted by molar-refractivity contribution is 7.99. The van der Waals surface area contributed by atoms with E-state index in [0.717, 1.165) is 38.1 Å². The maximum Gasteiger partial charge on any atom is 0.236 e. The van der Waals surface area contributed by atoms with Crippen LogP contribution in [0.15, 0.2) is 35.2 Å². The molecule has 0 spiro atoms. The van der Waals surface area contributed by atoms with Crippen LogP contribution < -0.4 is 10.5 Å². The summed E-state index contributed by atoms with van der Waals surface area (Å²) in [6.07, 6.45) is 3.31. The third kappa shape index (κ3) is 7.77. The number of likely N-dealkylation sites (tertiary alicyclic amines) is 1. The van der Waals surface area contributed by atoms with Crippen molar-refractivity contribution in [2.24, 2.45) is 11.7 Å². The highest BCUT2D eigenvalue weighted by Gasteiger charge is 2.26. The average molecular weight is 386 g/mol. The minimum absolute atomic E-state index is 0.136. The molecular formula is C17H27N3O3S2. The Labute approximate surface area is 154 Å². The van der Waals surface area contributed by atoms with E-state index >= 15 is 0 Å². The molecule has 1 atom stereocenters. The molecule has 140 valence electrons. The van der Waals surface area contributed by atoms with E-state index in [0.29, 0.717) is 12.8 Å². The van der Waals surface area contributed by atoms with E-state index in [4.69, 9.17) is 5.73 Å². The molecular weight excluding hydrogens is 358 g/mol. The molecule has 1 aromatic rings. The lowest BCUT2D eigenvalue weighted by Crippen LogP contribution is -2.43. The number of carbonyl (C=O) groups excluding carboxylic acids is 1. The van der Waals surface area contributed by atoms with E-state index in [1.165, 1.54) is 4.90 Å². The van der Waals surface area contributed by atoms with Gasteiger partial charge in [-0.2, -0.15) is 0 Å². The molecule has 25 heavy (non-hydrogen) atoms. The molecule has 0 aliphatic carbocycles. The first-order chi connectivity index (χ1) is 11.8.